The molecule has 2 heterocycles. The first-order chi connectivity index (χ1) is 14.9. The van der Waals surface area contributed by atoms with Crippen molar-refractivity contribution in [2.24, 2.45) is 5.73 Å². The third kappa shape index (κ3) is 4.09. The first-order valence-corrected chi connectivity index (χ1v) is 9.74. The minimum atomic E-state index is -1.09. The highest BCUT2D eigenvalue weighted by Crippen LogP contribution is 2.21. The van der Waals surface area contributed by atoms with E-state index < -0.39 is 23.6 Å². The number of hydrogen-bond donors (Lipinski definition) is 3. The Hall–Kier alpha value is -4.20. The number of imidazole rings is 1. The second kappa shape index (κ2) is 8.27. The predicted octanol–water partition coefficient (Wildman–Crippen LogP) is 2.06. The summed E-state index contributed by atoms with van der Waals surface area (Å²) >= 11 is 0. The molecule has 1 atom stereocenters. The van der Waals surface area contributed by atoms with Crippen molar-refractivity contribution < 1.29 is 14.4 Å². The van der Waals surface area contributed by atoms with Gasteiger partial charge in [0.1, 0.15) is 17.6 Å². The number of aromatic amines is 1. The van der Waals surface area contributed by atoms with Gasteiger partial charge in [0.15, 0.2) is 0 Å². The summed E-state index contributed by atoms with van der Waals surface area (Å²) in [5.41, 5.74) is 7.99. The largest absolute Gasteiger partial charge is 0.363 e. The Morgan fingerprint density at radius 1 is 1.13 bits per heavy atom. The Bertz CT molecular complexity index is 1270. The van der Waals surface area contributed by atoms with E-state index in [1.807, 2.05) is 60.8 Å². The number of H-pyrrole nitrogens is 1. The van der Waals surface area contributed by atoms with E-state index in [0.29, 0.717) is 5.82 Å². The quantitative estimate of drug-likeness (QED) is 0.400. The molecule has 0 aliphatic carbocycles. The van der Waals surface area contributed by atoms with Gasteiger partial charge in [0, 0.05) is 29.2 Å². The molecule has 1 unspecified atom stereocenters. The number of amides is 2. The second-order valence-corrected chi connectivity index (χ2v) is 7.22. The van der Waals surface area contributed by atoms with Crippen LogP contribution in [0, 0.1) is 6.92 Å². The Morgan fingerprint density at radius 2 is 1.90 bits per heavy atom. The number of carbonyl (C=O) groups excluding carboxylic acids is 3. The fraction of sp³-hybridized carbons (Fsp3) is 0.130. The van der Waals surface area contributed by atoms with E-state index >= 15 is 0 Å². The van der Waals surface area contributed by atoms with Gasteiger partial charge in [-0.3, -0.25) is 19.0 Å². The maximum absolute atomic E-state index is 13.1. The average molecular weight is 415 g/mol. The average Bonchev–Trinajstić information content (AvgIpc) is 3.39. The minimum absolute atomic E-state index is 0.150. The normalized spacial score (nSPS) is 11.9. The van der Waals surface area contributed by atoms with Crippen LogP contribution >= 0.6 is 0 Å². The lowest BCUT2D eigenvalue weighted by Crippen LogP contribution is -2.47. The standard InChI is InChI=1S/C23H21N5O3/c1-14-26-13-20(28(14)17-7-8-18-16(12-17)9-10-25-18)23(31)27-19(21(29)22(24)30)11-15-5-3-2-4-6-15/h2-10,12-13,19,25H,11H2,1H3,(H2,24,30)(H,27,31). The number of primary amides is 1. The number of aromatic nitrogens is 3. The summed E-state index contributed by atoms with van der Waals surface area (Å²) in [6, 6.07) is 15.7. The zero-order chi connectivity index (χ0) is 22.0. The van der Waals surface area contributed by atoms with Crippen LogP contribution in [0.25, 0.3) is 16.6 Å². The first kappa shape index (κ1) is 20.1. The number of Topliss-reactive ketones (excluding diaryl/α,β-unsaturated/α-hetero) is 1. The molecule has 156 valence electrons. The molecular formula is C23H21N5O3. The van der Waals surface area contributed by atoms with Crippen molar-refractivity contribution in [3.8, 4) is 5.69 Å². The highest BCUT2D eigenvalue weighted by atomic mass is 16.2. The van der Waals surface area contributed by atoms with Gasteiger partial charge in [-0.25, -0.2) is 4.98 Å². The van der Waals surface area contributed by atoms with Crippen LogP contribution < -0.4 is 11.1 Å². The number of nitrogens with two attached hydrogens (primary N) is 1. The number of carbonyl (C=O) groups is 3. The molecule has 0 bridgehead atoms. The number of benzene rings is 2. The number of fused-ring (bicyclic) bond motifs is 1. The van der Waals surface area contributed by atoms with Crippen LogP contribution in [0.1, 0.15) is 21.9 Å². The summed E-state index contributed by atoms with van der Waals surface area (Å²) in [7, 11) is 0. The summed E-state index contributed by atoms with van der Waals surface area (Å²) < 4.78 is 1.70. The summed E-state index contributed by atoms with van der Waals surface area (Å²) in [6.45, 7) is 1.79. The number of aryl methyl sites for hydroxylation is 1. The maximum atomic E-state index is 13.1. The van der Waals surface area contributed by atoms with Crippen LogP contribution in [0.15, 0.2) is 67.0 Å². The van der Waals surface area contributed by atoms with Crippen molar-refractivity contribution in [2.45, 2.75) is 19.4 Å². The van der Waals surface area contributed by atoms with Crippen molar-refractivity contribution in [1.29, 1.82) is 0 Å². The van der Waals surface area contributed by atoms with Crippen LogP contribution in [-0.2, 0) is 16.0 Å². The van der Waals surface area contributed by atoms with Gasteiger partial charge in [-0.1, -0.05) is 30.3 Å². The van der Waals surface area contributed by atoms with Gasteiger partial charge < -0.3 is 16.0 Å². The van der Waals surface area contributed by atoms with E-state index in [9.17, 15) is 14.4 Å². The zero-order valence-corrected chi connectivity index (χ0v) is 16.8. The van der Waals surface area contributed by atoms with E-state index in [1.165, 1.54) is 6.20 Å². The second-order valence-electron chi connectivity index (χ2n) is 7.22. The molecular weight excluding hydrogens is 394 g/mol. The van der Waals surface area contributed by atoms with Crippen LogP contribution in [0.4, 0.5) is 0 Å². The predicted molar refractivity (Wildman–Crippen MR) is 116 cm³/mol. The summed E-state index contributed by atoms with van der Waals surface area (Å²) in [5, 5.41) is 3.65. The van der Waals surface area contributed by atoms with E-state index in [4.69, 9.17) is 5.73 Å². The van der Waals surface area contributed by atoms with Crippen LogP contribution in [0.5, 0.6) is 0 Å². The van der Waals surface area contributed by atoms with Gasteiger partial charge >= 0.3 is 0 Å². The molecule has 0 spiro atoms. The fourth-order valence-corrected chi connectivity index (χ4v) is 3.57. The van der Waals surface area contributed by atoms with E-state index in [-0.39, 0.29) is 12.1 Å². The lowest BCUT2D eigenvalue weighted by atomic mass is 10.0. The van der Waals surface area contributed by atoms with E-state index in [0.717, 1.165) is 22.2 Å². The Balaban J connectivity index is 1.65. The highest BCUT2D eigenvalue weighted by Gasteiger charge is 2.27. The highest BCUT2D eigenvalue weighted by molar-refractivity contribution is 6.38. The van der Waals surface area contributed by atoms with Gasteiger partial charge in [0.2, 0.25) is 5.78 Å². The summed E-state index contributed by atoms with van der Waals surface area (Å²) in [6.07, 6.45) is 3.43. The lowest BCUT2D eigenvalue weighted by Gasteiger charge is -2.17. The van der Waals surface area contributed by atoms with Gasteiger partial charge in [-0.2, -0.15) is 0 Å². The summed E-state index contributed by atoms with van der Waals surface area (Å²) in [5.74, 6) is -1.86. The molecule has 8 heteroatoms. The maximum Gasteiger partial charge on any atom is 0.287 e. The molecule has 4 rings (SSSR count). The molecule has 8 nitrogen and oxygen atoms in total. The van der Waals surface area contributed by atoms with Crippen molar-refractivity contribution in [2.75, 3.05) is 0 Å². The Morgan fingerprint density at radius 3 is 2.65 bits per heavy atom. The van der Waals surface area contributed by atoms with Crippen LogP contribution in [-0.4, -0.2) is 38.2 Å². The van der Waals surface area contributed by atoms with Crippen molar-refractivity contribution in [3.63, 3.8) is 0 Å². The number of ketones is 1. The fourth-order valence-electron chi connectivity index (χ4n) is 3.57. The van der Waals surface area contributed by atoms with Gasteiger partial charge in [0.05, 0.1) is 6.20 Å². The van der Waals surface area contributed by atoms with Crippen molar-refractivity contribution in [1.82, 2.24) is 19.9 Å². The molecule has 4 aromatic rings. The first-order valence-electron chi connectivity index (χ1n) is 9.74. The molecule has 2 aromatic heterocycles. The number of nitrogens with zero attached hydrogens (tertiary/aromatic N) is 2. The Labute approximate surface area is 178 Å². The third-order valence-corrected chi connectivity index (χ3v) is 5.11. The molecule has 4 N–H and O–H groups in total. The molecule has 0 aliphatic heterocycles. The lowest BCUT2D eigenvalue weighted by molar-refractivity contribution is -0.137. The van der Waals surface area contributed by atoms with E-state index in [1.54, 1.807) is 11.5 Å². The van der Waals surface area contributed by atoms with Gasteiger partial charge in [0.25, 0.3) is 11.8 Å². The molecule has 0 saturated carbocycles. The molecule has 2 amide bonds. The van der Waals surface area contributed by atoms with Crippen molar-refractivity contribution >= 4 is 28.5 Å². The van der Waals surface area contributed by atoms with Gasteiger partial charge in [-0.15, -0.1) is 0 Å². The number of nitrogens with one attached hydrogen (secondary N) is 2. The molecule has 0 saturated heterocycles. The Kier molecular flexibility index (Phi) is 5.36. The van der Waals surface area contributed by atoms with Crippen LogP contribution in [0.3, 0.4) is 0 Å². The molecule has 31 heavy (non-hydrogen) atoms. The molecule has 0 aliphatic rings. The molecule has 0 radical (unpaired) electrons. The van der Waals surface area contributed by atoms with Crippen LogP contribution in [0.2, 0.25) is 0 Å². The SMILES string of the molecule is Cc1ncc(C(=O)NC(Cc2ccccc2)C(=O)C(N)=O)n1-c1ccc2[nH]ccc2c1. The molecule has 0 fully saturated rings. The topological polar surface area (TPSA) is 123 Å². The van der Waals surface area contributed by atoms with Crippen molar-refractivity contribution in [3.05, 3.63) is 84.1 Å². The smallest absolute Gasteiger partial charge is 0.287 e. The summed E-state index contributed by atoms with van der Waals surface area (Å²) in [4.78, 5) is 44.4. The zero-order valence-electron chi connectivity index (χ0n) is 16.8. The van der Waals surface area contributed by atoms with Gasteiger partial charge in [-0.05, 0) is 36.8 Å². The number of rotatable bonds is 7. The van der Waals surface area contributed by atoms with E-state index in [2.05, 4.69) is 15.3 Å². The third-order valence-electron chi connectivity index (χ3n) is 5.11. The molecule has 2 aromatic carbocycles. The monoisotopic (exact) mass is 415 g/mol. The number of hydrogen-bond acceptors (Lipinski definition) is 4. The minimum Gasteiger partial charge on any atom is -0.363 e.